The fourth-order valence-corrected chi connectivity index (χ4v) is 2.81. The van der Waals surface area contributed by atoms with Crippen molar-refractivity contribution in [1.29, 1.82) is 0 Å². The third kappa shape index (κ3) is 4.27. The molecule has 0 aliphatic rings. The van der Waals surface area contributed by atoms with E-state index in [1.165, 1.54) is 13.8 Å². The van der Waals surface area contributed by atoms with Gasteiger partial charge in [0.2, 0.25) is 5.78 Å². The number of Topliss-reactive ketones (excluding diaryl/α,β-unsaturated/α-hetero) is 2. The Balaban J connectivity index is 2.16. The first-order chi connectivity index (χ1) is 12.4. The van der Waals surface area contributed by atoms with E-state index in [4.69, 9.17) is 4.74 Å². The van der Waals surface area contributed by atoms with Crippen LogP contribution < -0.4 is 0 Å². The smallest absolute Gasteiger partial charge is 0.416 e. The van der Waals surface area contributed by atoms with Gasteiger partial charge in [-0.15, -0.1) is 0 Å². The fourth-order valence-electron chi connectivity index (χ4n) is 2.81. The van der Waals surface area contributed by atoms with Gasteiger partial charge in [-0.3, -0.25) is 9.59 Å². The molecule has 0 aliphatic heterocycles. The number of alkyl halides is 3. The molecule has 1 heterocycles. The first kappa shape index (κ1) is 20.4. The molecule has 2 aromatic rings. The van der Waals surface area contributed by atoms with Gasteiger partial charge in [0.05, 0.1) is 16.8 Å². The number of carbonyl (C=O) groups excluding carboxylic acids is 3. The first-order valence-electron chi connectivity index (χ1n) is 8.06. The van der Waals surface area contributed by atoms with Crippen LogP contribution in [-0.4, -0.2) is 28.6 Å². The molecule has 1 N–H and O–H groups in total. The van der Waals surface area contributed by atoms with E-state index in [1.807, 2.05) is 0 Å². The minimum absolute atomic E-state index is 0.105. The van der Waals surface area contributed by atoms with Crippen LogP contribution in [0.3, 0.4) is 0 Å². The summed E-state index contributed by atoms with van der Waals surface area (Å²) in [6.45, 7) is 6.00. The summed E-state index contributed by atoms with van der Waals surface area (Å²) in [5, 5.41) is 0. The zero-order valence-electron chi connectivity index (χ0n) is 15.2. The Kier molecular flexibility index (Phi) is 5.58. The van der Waals surface area contributed by atoms with Crippen LogP contribution in [0.5, 0.6) is 0 Å². The Labute approximate surface area is 153 Å². The molecule has 0 unspecified atom stereocenters. The van der Waals surface area contributed by atoms with Crippen LogP contribution in [0.15, 0.2) is 24.3 Å². The van der Waals surface area contributed by atoms with Gasteiger partial charge in [-0.25, -0.2) is 4.79 Å². The van der Waals surface area contributed by atoms with E-state index >= 15 is 0 Å². The molecule has 0 amide bonds. The molecule has 1 atom stereocenters. The number of carbonyl (C=O) groups is 3. The molecule has 0 aliphatic carbocycles. The number of esters is 1. The van der Waals surface area contributed by atoms with Crippen LogP contribution in [0.2, 0.25) is 0 Å². The number of aromatic amines is 1. The third-order valence-electron chi connectivity index (χ3n) is 4.14. The minimum atomic E-state index is -4.51. The maximum Gasteiger partial charge on any atom is 0.416 e. The maximum atomic E-state index is 12.6. The molecule has 2 rings (SSSR count). The van der Waals surface area contributed by atoms with Gasteiger partial charge in [0.25, 0.3) is 0 Å². The molecule has 8 heteroatoms. The molecular weight excluding hydrogens is 363 g/mol. The van der Waals surface area contributed by atoms with Gasteiger partial charge in [0.1, 0.15) is 0 Å². The maximum absolute atomic E-state index is 12.6. The average Bonchev–Trinajstić information content (AvgIpc) is 2.87. The van der Waals surface area contributed by atoms with Crippen molar-refractivity contribution in [3.63, 3.8) is 0 Å². The van der Waals surface area contributed by atoms with E-state index in [0.29, 0.717) is 16.8 Å². The Hall–Kier alpha value is -2.90. The predicted molar refractivity (Wildman–Crippen MR) is 90.9 cm³/mol. The Bertz CT molecular complexity index is 895. The molecule has 0 spiro atoms. The number of nitrogens with one attached hydrogen (secondary N) is 1. The highest BCUT2D eigenvalue weighted by molar-refractivity contribution is 6.05. The van der Waals surface area contributed by atoms with Gasteiger partial charge in [0, 0.05) is 11.3 Å². The van der Waals surface area contributed by atoms with E-state index in [0.717, 1.165) is 24.3 Å². The van der Waals surface area contributed by atoms with Crippen molar-refractivity contribution in [3.8, 4) is 0 Å². The second kappa shape index (κ2) is 7.38. The monoisotopic (exact) mass is 381 g/mol. The molecule has 0 saturated carbocycles. The summed E-state index contributed by atoms with van der Waals surface area (Å²) in [6, 6.07) is 3.50. The number of hydrogen-bond donors (Lipinski definition) is 1. The van der Waals surface area contributed by atoms with Crippen LogP contribution in [0.25, 0.3) is 0 Å². The number of aryl methyl sites for hydroxylation is 1. The van der Waals surface area contributed by atoms with Crippen molar-refractivity contribution in [3.05, 3.63) is 57.9 Å². The summed E-state index contributed by atoms with van der Waals surface area (Å²) in [5.74, 6) is -1.66. The van der Waals surface area contributed by atoms with Gasteiger partial charge >= 0.3 is 12.1 Å². The van der Waals surface area contributed by atoms with Crippen LogP contribution in [-0.2, 0) is 10.9 Å². The van der Waals surface area contributed by atoms with Crippen molar-refractivity contribution in [2.24, 2.45) is 0 Å². The molecule has 0 fully saturated rings. The summed E-state index contributed by atoms with van der Waals surface area (Å²) in [4.78, 5) is 39.1. The third-order valence-corrected chi connectivity index (χ3v) is 4.14. The largest absolute Gasteiger partial charge is 0.451 e. The van der Waals surface area contributed by atoms with E-state index in [9.17, 15) is 27.6 Å². The van der Waals surface area contributed by atoms with Crippen LogP contribution in [0, 0.1) is 13.8 Å². The zero-order chi connectivity index (χ0) is 20.5. The minimum Gasteiger partial charge on any atom is -0.451 e. The first-order valence-corrected chi connectivity index (χ1v) is 8.06. The van der Waals surface area contributed by atoms with Crippen molar-refractivity contribution in [2.75, 3.05) is 0 Å². The summed E-state index contributed by atoms with van der Waals surface area (Å²) < 4.78 is 42.8. The predicted octanol–water partition coefficient (Wildman–Crippen LogP) is 4.28. The lowest BCUT2D eigenvalue weighted by Crippen LogP contribution is -2.25. The normalized spacial score (nSPS) is 12.6. The number of benzene rings is 1. The highest BCUT2D eigenvalue weighted by Gasteiger charge is 2.31. The number of ether oxygens (including phenoxy) is 1. The number of halogens is 3. The molecule has 0 radical (unpaired) electrons. The second-order valence-corrected chi connectivity index (χ2v) is 6.17. The zero-order valence-corrected chi connectivity index (χ0v) is 15.2. The van der Waals surface area contributed by atoms with Crippen molar-refractivity contribution in [1.82, 2.24) is 4.98 Å². The SMILES string of the molecule is CC(=O)c1c(C)[nH]c(C(=O)[C@H](C)OC(=O)c2ccc(C(F)(F)F)cc2)c1C. The number of H-pyrrole nitrogens is 1. The van der Waals surface area contributed by atoms with Crippen molar-refractivity contribution >= 4 is 17.5 Å². The molecule has 0 saturated heterocycles. The number of rotatable bonds is 5. The number of hydrogen-bond acceptors (Lipinski definition) is 4. The molecule has 1 aromatic carbocycles. The summed E-state index contributed by atoms with van der Waals surface area (Å²) >= 11 is 0. The van der Waals surface area contributed by atoms with Crippen LogP contribution in [0.4, 0.5) is 13.2 Å². The molecule has 27 heavy (non-hydrogen) atoms. The van der Waals surface area contributed by atoms with Crippen LogP contribution >= 0.6 is 0 Å². The van der Waals surface area contributed by atoms with E-state index < -0.39 is 29.6 Å². The fraction of sp³-hybridized carbons (Fsp3) is 0.316. The molecule has 5 nitrogen and oxygen atoms in total. The quantitative estimate of drug-likeness (QED) is 0.620. The lowest BCUT2D eigenvalue weighted by atomic mass is 10.0. The van der Waals surface area contributed by atoms with E-state index in [-0.39, 0.29) is 17.0 Å². The Morgan fingerprint density at radius 1 is 1.07 bits per heavy atom. The van der Waals surface area contributed by atoms with Gasteiger partial charge < -0.3 is 9.72 Å². The molecule has 0 bridgehead atoms. The summed E-state index contributed by atoms with van der Waals surface area (Å²) in [7, 11) is 0. The van der Waals surface area contributed by atoms with Crippen molar-refractivity contribution in [2.45, 2.75) is 40.0 Å². The average molecular weight is 381 g/mol. The van der Waals surface area contributed by atoms with Gasteiger partial charge in [0.15, 0.2) is 11.9 Å². The van der Waals surface area contributed by atoms with E-state index in [2.05, 4.69) is 4.98 Å². The lowest BCUT2D eigenvalue weighted by molar-refractivity contribution is -0.137. The second-order valence-electron chi connectivity index (χ2n) is 6.17. The highest BCUT2D eigenvalue weighted by Crippen LogP contribution is 2.29. The summed E-state index contributed by atoms with van der Waals surface area (Å²) in [6.07, 6.45) is -5.69. The Morgan fingerprint density at radius 2 is 1.63 bits per heavy atom. The topological polar surface area (TPSA) is 76.2 Å². The van der Waals surface area contributed by atoms with E-state index in [1.54, 1.807) is 13.8 Å². The summed E-state index contributed by atoms with van der Waals surface area (Å²) in [5.41, 5.74) is 0.556. The standard InChI is InChI=1S/C19H18F3NO4/c1-9-15(11(3)24)10(2)23-16(9)17(25)12(4)27-18(26)13-5-7-14(8-6-13)19(20,21)22/h5-8,12,23H,1-4H3/t12-/m0/s1. The molecule has 1 aromatic heterocycles. The van der Waals surface area contributed by atoms with Crippen LogP contribution in [0.1, 0.15) is 61.9 Å². The highest BCUT2D eigenvalue weighted by atomic mass is 19.4. The lowest BCUT2D eigenvalue weighted by Gasteiger charge is -2.13. The molecular formula is C19H18F3NO4. The van der Waals surface area contributed by atoms with Gasteiger partial charge in [-0.2, -0.15) is 13.2 Å². The van der Waals surface area contributed by atoms with Gasteiger partial charge in [-0.1, -0.05) is 0 Å². The van der Waals surface area contributed by atoms with Crippen molar-refractivity contribution < 1.29 is 32.3 Å². The molecule has 144 valence electrons. The van der Waals surface area contributed by atoms with Gasteiger partial charge in [-0.05, 0) is 57.5 Å². The Morgan fingerprint density at radius 3 is 2.07 bits per heavy atom. The number of ketones is 2. The number of aromatic nitrogens is 1.